The van der Waals surface area contributed by atoms with Crippen molar-refractivity contribution >= 4 is 11.9 Å². The number of phenolic OH excluding ortho intramolecular Hbond substituents is 1. The van der Waals surface area contributed by atoms with Gasteiger partial charge in [-0.3, -0.25) is 4.79 Å². The first-order valence-electron chi connectivity index (χ1n) is 6.11. The highest BCUT2D eigenvalue weighted by Crippen LogP contribution is 2.18. The van der Waals surface area contributed by atoms with Crippen molar-refractivity contribution in [2.45, 2.75) is 0 Å². The summed E-state index contributed by atoms with van der Waals surface area (Å²) in [7, 11) is 1.16. The molecule has 9 heteroatoms. The molecule has 7 N–H and O–H groups in total. The van der Waals surface area contributed by atoms with Gasteiger partial charge in [-0.1, -0.05) is 0 Å². The molecule has 0 spiro atoms. The van der Waals surface area contributed by atoms with Crippen LogP contribution in [-0.2, 0) is 4.74 Å². The van der Waals surface area contributed by atoms with Crippen molar-refractivity contribution in [2.75, 3.05) is 7.11 Å². The number of benzene rings is 2. The lowest BCUT2D eigenvalue weighted by molar-refractivity contribution is 0.0596. The van der Waals surface area contributed by atoms with Gasteiger partial charge in [0.25, 0.3) is 5.91 Å². The number of primary amides is 1. The SMILES string of the molecule is COC(=O)c1cc(F)ccc1O.N.NC(=O)c1cc(F)ccc1O. The molecule has 0 aliphatic heterocycles. The van der Waals surface area contributed by atoms with E-state index in [-0.39, 0.29) is 28.8 Å². The van der Waals surface area contributed by atoms with E-state index in [0.29, 0.717) is 0 Å². The summed E-state index contributed by atoms with van der Waals surface area (Å²) in [5, 5.41) is 18.0. The minimum atomic E-state index is -0.845. The fraction of sp³-hybridized carbons (Fsp3) is 0.0667. The number of ether oxygens (including phenoxy) is 1. The normalized spacial score (nSPS) is 9.12. The maximum Gasteiger partial charge on any atom is 0.341 e. The Kier molecular flexibility index (Phi) is 7.85. The Bertz CT molecular complexity index is 738. The molecule has 2 rings (SSSR count). The van der Waals surface area contributed by atoms with Crippen LogP contribution in [0.1, 0.15) is 20.7 Å². The van der Waals surface area contributed by atoms with Crippen molar-refractivity contribution in [1.82, 2.24) is 6.15 Å². The number of hydrogen-bond acceptors (Lipinski definition) is 6. The molecule has 0 atom stereocenters. The Morgan fingerprint density at radius 2 is 1.38 bits per heavy atom. The molecule has 0 saturated carbocycles. The first-order chi connectivity index (χ1) is 10.8. The molecule has 0 bridgehead atoms. The van der Waals surface area contributed by atoms with Gasteiger partial charge in [-0.15, -0.1) is 0 Å². The number of aromatic hydroxyl groups is 2. The van der Waals surface area contributed by atoms with Gasteiger partial charge in [-0.2, -0.15) is 0 Å². The summed E-state index contributed by atoms with van der Waals surface area (Å²) in [5.74, 6) is -3.39. The molecule has 0 heterocycles. The van der Waals surface area contributed by atoms with Crippen LogP contribution >= 0.6 is 0 Å². The Hall–Kier alpha value is -3.20. The van der Waals surface area contributed by atoms with E-state index in [0.717, 1.165) is 43.5 Å². The number of carbonyl (C=O) groups is 2. The number of rotatable bonds is 2. The summed E-state index contributed by atoms with van der Waals surface area (Å²) in [6, 6.07) is 6.08. The third-order valence-corrected chi connectivity index (χ3v) is 2.59. The highest BCUT2D eigenvalue weighted by atomic mass is 19.1. The van der Waals surface area contributed by atoms with E-state index in [1.54, 1.807) is 0 Å². The highest BCUT2D eigenvalue weighted by Gasteiger charge is 2.11. The van der Waals surface area contributed by atoms with E-state index >= 15 is 0 Å². The van der Waals surface area contributed by atoms with Gasteiger partial charge in [0.1, 0.15) is 28.7 Å². The van der Waals surface area contributed by atoms with Crippen LogP contribution in [0.3, 0.4) is 0 Å². The molecule has 1 amide bonds. The molecule has 0 aromatic heterocycles. The number of phenols is 2. The molecular weight excluding hydrogens is 326 g/mol. The summed E-state index contributed by atoms with van der Waals surface area (Å²) < 4.78 is 29.2. The van der Waals surface area contributed by atoms with Crippen molar-refractivity contribution in [3.05, 3.63) is 59.2 Å². The van der Waals surface area contributed by atoms with Crippen LogP contribution in [0.25, 0.3) is 0 Å². The fourth-order valence-electron chi connectivity index (χ4n) is 1.49. The lowest BCUT2D eigenvalue weighted by Gasteiger charge is -2.01. The van der Waals surface area contributed by atoms with Crippen molar-refractivity contribution in [3.8, 4) is 11.5 Å². The zero-order valence-corrected chi connectivity index (χ0v) is 12.6. The zero-order valence-electron chi connectivity index (χ0n) is 12.6. The summed E-state index contributed by atoms with van der Waals surface area (Å²) in [5.41, 5.74) is 4.45. The molecule has 2 aromatic rings. The third-order valence-electron chi connectivity index (χ3n) is 2.59. The molecule has 0 saturated heterocycles. The standard InChI is InChI=1S/C8H7FO3.C7H6FNO2.H3N/c1-12-8(11)6-4-5(9)2-3-7(6)10;8-4-1-2-6(10)5(3-4)7(9)11;/h2-4,10H,1H3;1-3,10H,(H2,9,11);1H3. The Balaban J connectivity index is 0.000000425. The number of esters is 1. The molecule has 0 aliphatic carbocycles. The van der Waals surface area contributed by atoms with E-state index in [1.165, 1.54) is 0 Å². The lowest BCUT2D eigenvalue weighted by Crippen LogP contribution is -2.11. The monoisotopic (exact) mass is 342 g/mol. The molecule has 7 nitrogen and oxygen atoms in total. The molecule has 24 heavy (non-hydrogen) atoms. The van der Waals surface area contributed by atoms with Gasteiger partial charge < -0.3 is 26.8 Å². The quantitative estimate of drug-likeness (QED) is 0.615. The van der Waals surface area contributed by atoms with Crippen LogP contribution in [0.15, 0.2) is 36.4 Å². The number of carbonyl (C=O) groups excluding carboxylic acids is 2. The summed E-state index contributed by atoms with van der Waals surface area (Å²) >= 11 is 0. The van der Waals surface area contributed by atoms with Gasteiger partial charge in [-0.25, -0.2) is 13.6 Å². The van der Waals surface area contributed by atoms with E-state index in [2.05, 4.69) is 4.74 Å². The zero-order chi connectivity index (χ0) is 17.6. The predicted molar refractivity (Wildman–Crippen MR) is 81.0 cm³/mol. The molecule has 0 fully saturated rings. The largest absolute Gasteiger partial charge is 0.507 e. The first kappa shape index (κ1) is 20.8. The van der Waals surface area contributed by atoms with E-state index in [4.69, 9.17) is 15.9 Å². The van der Waals surface area contributed by atoms with Crippen LogP contribution in [0.2, 0.25) is 0 Å². The summed E-state index contributed by atoms with van der Waals surface area (Å²) in [6.07, 6.45) is 0. The second kappa shape index (κ2) is 9.06. The number of amides is 1. The maximum atomic E-state index is 12.5. The smallest absolute Gasteiger partial charge is 0.341 e. The second-order valence-electron chi connectivity index (χ2n) is 4.18. The van der Waals surface area contributed by atoms with E-state index in [9.17, 15) is 18.4 Å². The molecule has 130 valence electrons. The van der Waals surface area contributed by atoms with Crippen LogP contribution < -0.4 is 11.9 Å². The number of nitrogens with two attached hydrogens (primary N) is 1. The number of halogens is 2. The number of hydrogen-bond donors (Lipinski definition) is 4. The van der Waals surface area contributed by atoms with Gasteiger partial charge in [0.15, 0.2) is 0 Å². The molecule has 0 unspecified atom stereocenters. The topological polar surface area (TPSA) is 145 Å². The van der Waals surface area contributed by atoms with Crippen LogP contribution in [0.5, 0.6) is 11.5 Å². The van der Waals surface area contributed by atoms with E-state index < -0.39 is 23.5 Å². The fourth-order valence-corrected chi connectivity index (χ4v) is 1.49. The third kappa shape index (κ3) is 5.54. The van der Waals surface area contributed by atoms with Crippen LogP contribution in [-0.4, -0.2) is 29.2 Å². The van der Waals surface area contributed by atoms with Crippen LogP contribution in [0.4, 0.5) is 8.78 Å². The highest BCUT2D eigenvalue weighted by molar-refractivity contribution is 5.95. The van der Waals surface area contributed by atoms with Crippen molar-refractivity contribution in [2.24, 2.45) is 5.73 Å². The first-order valence-corrected chi connectivity index (χ1v) is 6.11. The van der Waals surface area contributed by atoms with E-state index in [1.807, 2.05) is 0 Å². The van der Waals surface area contributed by atoms with Crippen molar-refractivity contribution in [3.63, 3.8) is 0 Å². The molecule has 0 aliphatic rings. The van der Waals surface area contributed by atoms with Crippen molar-refractivity contribution < 1.29 is 33.3 Å². The van der Waals surface area contributed by atoms with Gasteiger partial charge in [-0.05, 0) is 36.4 Å². The molecule has 0 radical (unpaired) electrons. The average molecular weight is 342 g/mol. The van der Waals surface area contributed by atoms with Gasteiger partial charge in [0.2, 0.25) is 0 Å². The second-order valence-corrected chi connectivity index (χ2v) is 4.18. The Morgan fingerprint density at radius 3 is 1.75 bits per heavy atom. The minimum Gasteiger partial charge on any atom is -0.507 e. The maximum absolute atomic E-state index is 12.5. The van der Waals surface area contributed by atoms with Gasteiger partial charge in [0, 0.05) is 0 Å². The Labute approximate surface area is 135 Å². The average Bonchev–Trinajstić information content (AvgIpc) is 2.51. The van der Waals surface area contributed by atoms with Crippen LogP contribution in [0, 0.1) is 11.6 Å². The van der Waals surface area contributed by atoms with Gasteiger partial charge in [0.05, 0.1) is 12.7 Å². The van der Waals surface area contributed by atoms with Gasteiger partial charge >= 0.3 is 5.97 Å². The minimum absolute atomic E-state index is 0. The summed E-state index contributed by atoms with van der Waals surface area (Å²) in [6.45, 7) is 0. The lowest BCUT2D eigenvalue weighted by atomic mass is 10.2. The number of methoxy groups -OCH3 is 1. The Morgan fingerprint density at radius 1 is 0.958 bits per heavy atom. The predicted octanol–water partition coefficient (Wildman–Crippen LogP) is 2.11. The molecular formula is C15H16F2N2O5. The van der Waals surface area contributed by atoms with Crippen molar-refractivity contribution in [1.29, 1.82) is 0 Å². The molecule has 2 aromatic carbocycles. The summed E-state index contributed by atoms with van der Waals surface area (Å²) in [4.78, 5) is 21.3.